The lowest BCUT2D eigenvalue weighted by molar-refractivity contribution is 0.516. The van der Waals surface area contributed by atoms with Crippen molar-refractivity contribution in [2.75, 3.05) is 13.1 Å². The van der Waals surface area contributed by atoms with Crippen LogP contribution in [-0.4, -0.2) is 13.1 Å². The number of aryl methyl sites for hydroxylation is 1. The molecule has 1 heterocycles. The lowest BCUT2D eigenvalue weighted by Crippen LogP contribution is -2.29. The quantitative estimate of drug-likeness (QED) is 0.793. The van der Waals surface area contributed by atoms with Gasteiger partial charge in [0, 0.05) is 23.5 Å². The van der Waals surface area contributed by atoms with Crippen molar-refractivity contribution in [2.24, 2.45) is 5.73 Å². The van der Waals surface area contributed by atoms with Gasteiger partial charge >= 0.3 is 0 Å². The number of benzene rings is 1. The summed E-state index contributed by atoms with van der Waals surface area (Å²) in [5, 5.41) is 4.78. The molecule has 1 aromatic carbocycles. The third-order valence-electron chi connectivity index (χ3n) is 4.38. The Bertz CT molecular complexity index is 642. The van der Waals surface area contributed by atoms with Gasteiger partial charge in [0.2, 0.25) is 0 Å². The van der Waals surface area contributed by atoms with E-state index in [0.29, 0.717) is 6.54 Å². The third kappa shape index (κ3) is 3.04. The van der Waals surface area contributed by atoms with E-state index in [4.69, 9.17) is 10.2 Å². The van der Waals surface area contributed by atoms with E-state index in [1.54, 1.807) is 5.57 Å². The molecule has 1 unspecified atom stereocenters. The molecule has 0 fully saturated rings. The minimum Gasteiger partial charge on any atom is -0.461 e. The van der Waals surface area contributed by atoms with Crippen LogP contribution in [0.15, 0.2) is 40.3 Å². The first-order valence-electron chi connectivity index (χ1n) is 7.89. The average molecular weight is 284 g/mol. The second-order valence-electron chi connectivity index (χ2n) is 5.82. The van der Waals surface area contributed by atoms with Gasteiger partial charge in [-0.3, -0.25) is 0 Å². The lowest BCUT2D eigenvalue weighted by atomic mass is 10.0. The monoisotopic (exact) mass is 284 g/mol. The highest BCUT2D eigenvalue weighted by molar-refractivity contribution is 5.82. The van der Waals surface area contributed by atoms with Gasteiger partial charge < -0.3 is 15.5 Å². The Morgan fingerprint density at radius 2 is 2.19 bits per heavy atom. The van der Waals surface area contributed by atoms with Crippen molar-refractivity contribution in [3.63, 3.8) is 0 Å². The van der Waals surface area contributed by atoms with Crippen LogP contribution in [0.3, 0.4) is 0 Å². The molecule has 1 atom stereocenters. The molecule has 21 heavy (non-hydrogen) atoms. The van der Waals surface area contributed by atoms with Crippen LogP contribution >= 0.6 is 0 Å². The highest BCUT2D eigenvalue weighted by Gasteiger charge is 2.19. The van der Waals surface area contributed by atoms with Gasteiger partial charge in [-0.05, 0) is 45.2 Å². The van der Waals surface area contributed by atoms with E-state index >= 15 is 0 Å². The molecule has 0 radical (unpaired) electrons. The number of allylic oxidation sites excluding steroid dienone is 1. The molecular weight excluding hydrogens is 260 g/mol. The fraction of sp³-hybridized carbons (Fsp3) is 0.444. The molecule has 3 N–H and O–H groups in total. The van der Waals surface area contributed by atoms with E-state index in [-0.39, 0.29) is 6.04 Å². The van der Waals surface area contributed by atoms with Gasteiger partial charge in [0.15, 0.2) is 0 Å². The maximum absolute atomic E-state index is 6.00. The van der Waals surface area contributed by atoms with E-state index in [9.17, 15) is 0 Å². The first kappa shape index (κ1) is 14.4. The molecular formula is C18H24N2O. The van der Waals surface area contributed by atoms with Gasteiger partial charge in [-0.25, -0.2) is 0 Å². The maximum atomic E-state index is 6.00. The van der Waals surface area contributed by atoms with Crippen molar-refractivity contribution in [1.82, 2.24) is 5.32 Å². The van der Waals surface area contributed by atoms with E-state index < -0.39 is 0 Å². The molecule has 3 rings (SSSR count). The Balaban J connectivity index is 1.73. The van der Waals surface area contributed by atoms with Crippen molar-refractivity contribution >= 4 is 11.0 Å². The predicted molar refractivity (Wildman–Crippen MR) is 87.3 cm³/mol. The summed E-state index contributed by atoms with van der Waals surface area (Å²) >= 11 is 0. The van der Waals surface area contributed by atoms with Crippen LogP contribution in [0.5, 0.6) is 0 Å². The molecule has 3 nitrogen and oxygen atoms in total. The van der Waals surface area contributed by atoms with Crippen LogP contribution in [0, 0.1) is 6.92 Å². The van der Waals surface area contributed by atoms with Gasteiger partial charge in [0.25, 0.3) is 0 Å². The van der Waals surface area contributed by atoms with Crippen molar-refractivity contribution < 1.29 is 4.42 Å². The largest absolute Gasteiger partial charge is 0.461 e. The summed E-state index contributed by atoms with van der Waals surface area (Å²) in [6.45, 7) is 3.59. The van der Waals surface area contributed by atoms with Crippen molar-refractivity contribution in [2.45, 2.75) is 38.6 Å². The molecule has 0 aliphatic heterocycles. The molecule has 1 aromatic heterocycles. The zero-order valence-electron chi connectivity index (χ0n) is 12.7. The topological polar surface area (TPSA) is 51.2 Å². The standard InChI is InChI=1S/C18H24N2O/c1-13-18(15-8-4-5-9-17(15)21-13)16(12-19)20-11-10-14-6-2-3-7-14/h4-6,8-9,16,20H,2-3,7,10-12,19H2,1H3. The SMILES string of the molecule is Cc1oc2ccccc2c1C(CN)NCCC1=CCCC1. The number of fused-ring (bicyclic) bond motifs is 1. The zero-order chi connectivity index (χ0) is 14.7. The average Bonchev–Trinajstić information content (AvgIpc) is 3.11. The predicted octanol–water partition coefficient (Wildman–Crippen LogP) is 3.83. The number of hydrogen-bond acceptors (Lipinski definition) is 3. The number of nitrogens with one attached hydrogen (secondary N) is 1. The summed E-state index contributed by atoms with van der Waals surface area (Å²) in [6.07, 6.45) is 7.36. The minimum absolute atomic E-state index is 0.163. The Morgan fingerprint density at radius 3 is 2.95 bits per heavy atom. The first-order chi connectivity index (χ1) is 10.3. The Labute approximate surface area is 126 Å². The lowest BCUT2D eigenvalue weighted by Gasteiger charge is -2.17. The van der Waals surface area contributed by atoms with E-state index in [2.05, 4.69) is 23.5 Å². The molecule has 112 valence electrons. The first-order valence-corrected chi connectivity index (χ1v) is 7.89. The number of rotatable bonds is 6. The van der Waals surface area contributed by atoms with Crippen LogP contribution in [0.2, 0.25) is 0 Å². The fourth-order valence-electron chi connectivity index (χ4n) is 3.30. The summed E-state index contributed by atoms with van der Waals surface area (Å²) < 4.78 is 5.85. The summed E-state index contributed by atoms with van der Waals surface area (Å²) in [5.74, 6) is 0.972. The normalized spacial score (nSPS) is 16.4. The van der Waals surface area contributed by atoms with E-state index in [1.807, 2.05) is 19.1 Å². The molecule has 1 aliphatic carbocycles. The van der Waals surface area contributed by atoms with E-state index in [1.165, 1.54) is 30.2 Å². The molecule has 0 amide bonds. The summed E-state index contributed by atoms with van der Waals surface area (Å²) in [6, 6.07) is 8.36. The van der Waals surface area contributed by atoms with Gasteiger partial charge in [-0.15, -0.1) is 0 Å². The number of furan rings is 1. The van der Waals surface area contributed by atoms with Crippen LogP contribution in [0.25, 0.3) is 11.0 Å². The van der Waals surface area contributed by atoms with E-state index in [0.717, 1.165) is 24.3 Å². The molecule has 0 saturated carbocycles. The number of nitrogens with two attached hydrogens (primary N) is 1. The van der Waals surface area contributed by atoms with Gasteiger partial charge in [0.1, 0.15) is 11.3 Å². The Hall–Kier alpha value is -1.58. The minimum atomic E-state index is 0.163. The molecule has 0 spiro atoms. The molecule has 2 aromatic rings. The summed E-state index contributed by atoms with van der Waals surface area (Å²) in [7, 11) is 0. The van der Waals surface area contributed by atoms with Crippen LogP contribution < -0.4 is 11.1 Å². The molecule has 1 aliphatic rings. The molecule has 0 bridgehead atoms. The third-order valence-corrected chi connectivity index (χ3v) is 4.38. The van der Waals surface area contributed by atoms with Crippen molar-refractivity contribution in [3.8, 4) is 0 Å². The van der Waals surface area contributed by atoms with Crippen LogP contribution in [0.4, 0.5) is 0 Å². The van der Waals surface area contributed by atoms with Gasteiger partial charge in [-0.1, -0.05) is 29.8 Å². The highest BCUT2D eigenvalue weighted by atomic mass is 16.3. The summed E-state index contributed by atoms with van der Waals surface area (Å²) in [5.41, 5.74) is 9.75. The summed E-state index contributed by atoms with van der Waals surface area (Å²) in [4.78, 5) is 0. The fourth-order valence-corrected chi connectivity index (χ4v) is 3.30. The smallest absolute Gasteiger partial charge is 0.134 e. The Morgan fingerprint density at radius 1 is 1.33 bits per heavy atom. The maximum Gasteiger partial charge on any atom is 0.134 e. The van der Waals surface area contributed by atoms with Gasteiger partial charge in [-0.2, -0.15) is 0 Å². The zero-order valence-corrected chi connectivity index (χ0v) is 12.7. The second kappa shape index (κ2) is 6.46. The van der Waals surface area contributed by atoms with Crippen molar-refractivity contribution in [1.29, 1.82) is 0 Å². The van der Waals surface area contributed by atoms with Crippen LogP contribution in [-0.2, 0) is 0 Å². The molecule has 3 heteroatoms. The highest BCUT2D eigenvalue weighted by Crippen LogP contribution is 2.30. The Kier molecular flexibility index (Phi) is 4.42. The second-order valence-corrected chi connectivity index (χ2v) is 5.82. The van der Waals surface area contributed by atoms with Crippen LogP contribution in [0.1, 0.15) is 43.0 Å². The number of para-hydroxylation sites is 1. The van der Waals surface area contributed by atoms with Gasteiger partial charge in [0.05, 0.1) is 0 Å². The van der Waals surface area contributed by atoms with Crippen molar-refractivity contribution in [3.05, 3.63) is 47.2 Å². The molecule has 0 saturated heterocycles. The number of hydrogen-bond donors (Lipinski definition) is 2.